The van der Waals surface area contributed by atoms with Crippen LogP contribution in [-0.4, -0.2) is 43.3 Å². The van der Waals surface area contributed by atoms with E-state index in [0.717, 1.165) is 25.7 Å². The second-order valence-corrected chi connectivity index (χ2v) is 8.70. The second-order valence-electron chi connectivity index (χ2n) is 8.70. The molecule has 0 aromatic heterocycles. The number of nitrogens with zero attached hydrogens (tertiary/aromatic N) is 2. The van der Waals surface area contributed by atoms with Crippen molar-refractivity contribution in [1.29, 1.82) is 5.26 Å². The maximum absolute atomic E-state index is 13.3. The number of epoxide rings is 1. The Balaban J connectivity index is 1.58. The SMILES string of the molecule is COC(=O)C1=C(C#N)NC(C)=C(C(=O)OCCc2ccc(CC3CO3)cc2)C1c1cccc([N+](=O)[O-])c1. The number of rotatable bonds is 9. The molecular formula is C27H25N3O7. The molecule has 2 aromatic rings. The van der Waals surface area contributed by atoms with Gasteiger partial charge in [-0.25, -0.2) is 9.59 Å². The predicted molar refractivity (Wildman–Crippen MR) is 131 cm³/mol. The molecule has 0 bridgehead atoms. The van der Waals surface area contributed by atoms with Crippen LogP contribution in [0.2, 0.25) is 0 Å². The summed E-state index contributed by atoms with van der Waals surface area (Å²) < 4.78 is 15.7. The molecule has 0 aliphatic carbocycles. The second kappa shape index (κ2) is 11.1. The van der Waals surface area contributed by atoms with Gasteiger partial charge in [0.05, 0.1) is 48.4 Å². The highest BCUT2D eigenvalue weighted by atomic mass is 16.6. The quantitative estimate of drug-likeness (QED) is 0.236. The van der Waals surface area contributed by atoms with Crippen molar-refractivity contribution in [2.24, 2.45) is 0 Å². The van der Waals surface area contributed by atoms with Crippen molar-refractivity contribution in [2.45, 2.75) is 31.8 Å². The number of carbonyl (C=O) groups is 2. The van der Waals surface area contributed by atoms with Crippen molar-refractivity contribution in [1.82, 2.24) is 5.32 Å². The van der Waals surface area contributed by atoms with E-state index in [1.807, 2.05) is 30.3 Å². The number of carbonyl (C=O) groups excluding carboxylic acids is 2. The molecule has 2 aliphatic rings. The molecule has 0 spiro atoms. The largest absolute Gasteiger partial charge is 0.466 e. The highest BCUT2D eigenvalue weighted by Gasteiger charge is 2.39. The number of nitrogens with one attached hydrogen (secondary N) is 1. The van der Waals surface area contributed by atoms with Crippen molar-refractivity contribution in [3.8, 4) is 6.07 Å². The van der Waals surface area contributed by atoms with Crippen molar-refractivity contribution < 1.29 is 28.7 Å². The van der Waals surface area contributed by atoms with Gasteiger partial charge in [-0.1, -0.05) is 36.4 Å². The fourth-order valence-corrected chi connectivity index (χ4v) is 4.30. The van der Waals surface area contributed by atoms with Crippen LogP contribution in [0.4, 0.5) is 5.69 Å². The zero-order valence-corrected chi connectivity index (χ0v) is 20.4. The van der Waals surface area contributed by atoms with Crippen LogP contribution in [-0.2, 0) is 36.6 Å². The summed E-state index contributed by atoms with van der Waals surface area (Å²) in [6.07, 6.45) is 1.64. The Labute approximate surface area is 213 Å². The Bertz CT molecular complexity index is 1330. The van der Waals surface area contributed by atoms with E-state index in [9.17, 15) is 25.0 Å². The van der Waals surface area contributed by atoms with Crippen LogP contribution in [0.25, 0.3) is 0 Å². The summed E-state index contributed by atoms with van der Waals surface area (Å²) in [5.41, 5.74) is 2.36. The minimum atomic E-state index is -1.10. The fraction of sp³-hybridized carbons (Fsp3) is 0.296. The lowest BCUT2D eigenvalue weighted by molar-refractivity contribution is -0.384. The van der Waals surface area contributed by atoms with Crippen LogP contribution in [0.1, 0.15) is 29.5 Å². The van der Waals surface area contributed by atoms with Gasteiger partial charge in [0.15, 0.2) is 0 Å². The van der Waals surface area contributed by atoms with Gasteiger partial charge in [-0.2, -0.15) is 5.26 Å². The molecular weight excluding hydrogens is 478 g/mol. The minimum absolute atomic E-state index is 0.0691. The normalized spacial score (nSPS) is 18.5. The number of nitriles is 1. The molecule has 0 saturated carbocycles. The lowest BCUT2D eigenvalue weighted by Gasteiger charge is -2.29. The summed E-state index contributed by atoms with van der Waals surface area (Å²) in [4.78, 5) is 36.8. The molecule has 0 radical (unpaired) electrons. The third-order valence-corrected chi connectivity index (χ3v) is 6.23. The van der Waals surface area contributed by atoms with E-state index in [1.54, 1.807) is 13.0 Å². The van der Waals surface area contributed by atoms with Crippen molar-refractivity contribution >= 4 is 17.6 Å². The van der Waals surface area contributed by atoms with Crippen LogP contribution in [0.3, 0.4) is 0 Å². The molecule has 2 aromatic carbocycles. The van der Waals surface area contributed by atoms with Gasteiger partial charge in [-0.3, -0.25) is 10.1 Å². The van der Waals surface area contributed by atoms with Gasteiger partial charge in [-0.05, 0) is 23.6 Å². The zero-order valence-electron chi connectivity index (χ0n) is 20.4. The maximum atomic E-state index is 13.3. The molecule has 2 unspecified atom stereocenters. The predicted octanol–water partition coefficient (Wildman–Crippen LogP) is 3.23. The van der Waals surface area contributed by atoms with Gasteiger partial charge in [0, 0.05) is 30.7 Å². The minimum Gasteiger partial charge on any atom is -0.466 e. The first-order valence-corrected chi connectivity index (χ1v) is 11.6. The molecule has 2 heterocycles. The third kappa shape index (κ3) is 5.85. The Morgan fingerprint density at radius 3 is 2.49 bits per heavy atom. The van der Waals surface area contributed by atoms with Crippen LogP contribution < -0.4 is 5.32 Å². The average molecular weight is 504 g/mol. The summed E-state index contributed by atoms with van der Waals surface area (Å²) in [6, 6.07) is 15.5. The van der Waals surface area contributed by atoms with Crippen molar-refractivity contribution in [2.75, 3.05) is 20.3 Å². The number of allylic oxidation sites excluding steroid dienone is 2. The van der Waals surface area contributed by atoms with Gasteiger partial charge in [0.1, 0.15) is 11.8 Å². The number of ether oxygens (including phenoxy) is 3. The summed E-state index contributed by atoms with van der Waals surface area (Å²) in [5, 5.41) is 23.8. The summed E-state index contributed by atoms with van der Waals surface area (Å²) in [5.74, 6) is -2.64. The van der Waals surface area contributed by atoms with Gasteiger partial charge < -0.3 is 19.5 Å². The Morgan fingerprint density at radius 2 is 1.86 bits per heavy atom. The standard InChI is InChI=1S/C27H25N3O7/c1-16-23(27(32)36-11-10-17-6-8-18(9-7-17)12-21-15-37-21)24(19-4-3-5-20(13-19)30(33)34)25(26(31)35-2)22(14-28)29-16/h3-9,13,21,24,29H,10-12,15H2,1-2H3. The molecule has 37 heavy (non-hydrogen) atoms. The fourth-order valence-electron chi connectivity index (χ4n) is 4.30. The first kappa shape index (κ1) is 25.6. The van der Waals surface area contributed by atoms with Crippen LogP contribution in [0.15, 0.2) is 71.1 Å². The van der Waals surface area contributed by atoms with E-state index >= 15 is 0 Å². The van der Waals surface area contributed by atoms with E-state index < -0.39 is 22.8 Å². The molecule has 190 valence electrons. The number of non-ortho nitro benzene ring substituents is 1. The molecule has 1 saturated heterocycles. The molecule has 1 N–H and O–H groups in total. The third-order valence-electron chi connectivity index (χ3n) is 6.23. The number of nitro benzene ring substituents is 1. The van der Waals surface area contributed by atoms with E-state index in [2.05, 4.69) is 5.32 Å². The highest BCUT2D eigenvalue weighted by molar-refractivity contribution is 6.00. The van der Waals surface area contributed by atoms with Gasteiger partial charge in [-0.15, -0.1) is 0 Å². The number of benzene rings is 2. The van der Waals surface area contributed by atoms with Gasteiger partial charge in [0.25, 0.3) is 5.69 Å². The highest BCUT2D eigenvalue weighted by Crippen LogP contribution is 2.40. The number of methoxy groups -OCH3 is 1. The Morgan fingerprint density at radius 1 is 1.16 bits per heavy atom. The maximum Gasteiger partial charge on any atom is 0.337 e. The van der Waals surface area contributed by atoms with Crippen molar-refractivity contribution in [3.05, 3.63) is 97.9 Å². The molecule has 1 fully saturated rings. The smallest absolute Gasteiger partial charge is 0.337 e. The molecule has 4 rings (SSSR count). The van der Waals surface area contributed by atoms with E-state index in [-0.39, 0.29) is 34.7 Å². The van der Waals surface area contributed by atoms with Crippen LogP contribution >= 0.6 is 0 Å². The van der Waals surface area contributed by atoms with Gasteiger partial charge in [0.2, 0.25) is 0 Å². The molecule has 2 atom stereocenters. The van der Waals surface area contributed by atoms with Gasteiger partial charge >= 0.3 is 11.9 Å². The molecule has 2 aliphatic heterocycles. The van der Waals surface area contributed by atoms with E-state index in [0.29, 0.717) is 18.2 Å². The zero-order chi connectivity index (χ0) is 26.5. The van der Waals surface area contributed by atoms with E-state index in [4.69, 9.17) is 14.2 Å². The van der Waals surface area contributed by atoms with Crippen LogP contribution in [0.5, 0.6) is 0 Å². The number of hydrogen-bond acceptors (Lipinski definition) is 9. The Kier molecular flexibility index (Phi) is 7.65. The number of nitro groups is 1. The topological polar surface area (TPSA) is 144 Å². The lowest BCUT2D eigenvalue weighted by atomic mass is 9.80. The summed E-state index contributed by atoms with van der Waals surface area (Å²) >= 11 is 0. The van der Waals surface area contributed by atoms with Crippen LogP contribution in [0, 0.1) is 21.4 Å². The summed E-state index contributed by atoms with van der Waals surface area (Å²) in [6.45, 7) is 2.45. The summed E-state index contributed by atoms with van der Waals surface area (Å²) in [7, 11) is 1.15. The molecule has 0 amide bonds. The molecule has 10 nitrogen and oxygen atoms in total. The lowest BCUT2D eigenvalue weighted by Crippen LogP contribution is -2.33. The number of esters is 2. The first-order valence-electron chi connectivity index (χ1n) is 11.6. The first-order chi connectivity index (χ1) is 17.8. The Hall–Kier alpha value is -4.49. The molecule has 10 heteroatoms. The van der Waals surface area contributed by atoms with E-state index in [1.165, 1.54) is 23.8 Å². The monoisotopic (exact) mass is 503 g/mol. The van der Waals surface area contributed by atoms with Crippen molar-refractivity contribution in [3.63, 3.8) is 0 Å². The number of dihydropyridines is 1. The number of hydrogen-bond donors (Lipinski definition) is 1. The average Bonchev–Trinajstić information content (AvgIpc) is 3.72.